The smallest absolute Gasteiger partial charge is 0.305 e. The van der Waals surface area contributed by atoms with Crippen molar-refractivity contribution in [2.24, 2.45) is 5.92 Å². The van der Waals surface area contributed by atoms with Crippen molar-refractivity contribution in [3.8, 4) is 11.8 Å². The van der Waals surface area contributed by atoms with Crippen LogP contribution in [0.25, 0.3) is 0 Å². The molecule has 0 heterocycles. The van der Waals surface area contributed by atoms with Gasteiger partial charge in [-0.1, -0.05) is 30.3 Å². The normalized spacial score (nSPS) is 14.2. The minimum Gasteiger partial charge on any atom is -0.489 e. The third-order valence-corrected chi connectivity index (χ3v) is 6.75. The van der Waals surface area contributed by atoms with Crippen molar-refractivity contribution in [2.45, 2.75) is 77.4 Å². The van der Waals surface area contributed by atoms with Crippen molar-refractivity contribution < 1.29 is 19.4 Å². The second-order valence-electron chi connectivity index (χ2n) is 10.4. The first-order valence-electron chi connectivity index (χ1n) is 13.1. The summed E-state index contributed by atoms with van der Waals surface area (Å²) in [6.07, 6.45) is 5.37. The largest absolute Gasteiger partial charge is 0.489 e. The average molecular weight is 493 g/mol. The highest BCUT2D eigenvalue weighted by Crippen LogP contribution is 2.32. The zero-order chi connectivity index (χ0) is 26.0. The average Bonchev–Trinajstić information content (AvgIpc) is 3.26. The van der Waals surface area contributed by atoms with Crippen LogP contribution in [0.5, 0.6) is 5.75 Å². The van der Waals surface area contributed by atoms with Crippen molar-refractivity contribution >= 4 is 5.97 Å². The lowest BCUT2D eigenvalue weighted by molar-refractivity contribution is -0.143. The SMILES string of the molecule is CCOC(=O)CCCCc1ccc(C#N)c(OC[C@@H](O)CNC(C)(C)CC2Cc3ccccc3C2)c1. The molecule has 0 amide bonds. The predicted molar refractivity (Wildman–Crippen MR) is 141 cm³/mol. The van der Waals surface area contributed by atoms with Gasteiger partial charge in [0.2, 0.25) is 0 Å². The summed E-state index contributed by atoms with van der Waals surface area (Å²) in [6.45, 7) is 7.11. The number of nitrogens with zero attached hydrogens (tertiary/aromatic N) is 1. The Balaban J connectivity index is 1.42. The summed E-state index contributed by atoms with van der Waals surface area (Å²) in [5, 5.41) is 23.5. The number of ether oxygens (including phenoxy) is 2. The number of aryl methyl sites for hydroxylation is 1. The molecule has 0 saturated heterocycles. The lowest BCUT2D eigenvalue weighted by atomic mass is 9.88. The van der Waals surface area contributed by atoms with Crippen LogP contribution in [0.1, 0.15) is 68.7 Å². The van der Waals surface area contributed by atoms with Crippen LogP contribution in [0, 0.1) is 17.2 Å². The Hall–Kier alpha value is -2.88. The Labute approximate surface area is 215 Å². The molecule has 0 saturated carbocycles. The Kier molecular flexibility index (Phi) is 10.3. The van der Waals surface area contributed by atoms with E-state index in [1.54, 1.807) is 13.0 Å². The molecule has 1 aliphatic carbocycles. The number of aliphatic hydroxyl groups excluding tert-OH is 1. The molecule has 194 valence electrons. The number of fused-ring (bicyclic) bond motifs is 1. The molecule has 2 N–H and O–H groups in total. The van der Waals surface area contributed by atoms with E-state index in [4.69, 9.17) is 9.47 Å². The summed E-state index contributed by atoms with van der Waals surface area (Å²) in [5.41, 5.74) is 4.31. The van der Waals surface area contributed by atoms with Gasteiger partial charge >= 0.3 is 5.97 Å². The minimum atomic E-state index is -0.690. The van der Waals surface area contributed by atoms with Crippen molar-refractivity contribution in [3.63, 3.8) is 0 Å². The molecule has 0 unspecified atom stereocenters. The third-order valence-electron chi connectivity index (χ3n) is 6.75. The van der Waals surface area contributed by atoms with E-state index in [1.807, 2.05) is 12.1 Å². The second-order valence-corrected chi connectivity index (χ2v) is 10.4. The number of carbonyl (C=O) groups excluding carboxylic acids is 1. The fourth-order valence-electron chi connectivity index (χ4n) is 4.99. The Morgan fingerprint density at radius 2 is 1.92 bits per heavy atom. The number of esters is 1. The molecule has 2 aromatic rings. The second kappa shape index (κ2) is 13.4. The number of rotatable bonds is 14. The number of aliphatic hydroxyl groups is 1. The molecule has 3 rings (SSSR count). The summed E-state index contributed by atoms with van der Waals surface area (Å²) in [4.78, 5) is 11.5. The number of β-amino-alcohol motifs (C(OH)–C–C–N with tert-alkyl or cyclic N) is 1. The molecule has 36 heavy (non-hydrogen) atoms. The summed E-state index contributed by atoms with van der Waals surface area (Å²) < 4.78 is 10.8. The first-order chi connectivity index (χ1) is 17.3. The number of carbonyl (C=O) groups is 1. The molecule has 6 nitrogen and oxygen atoms in total. The van der Waals surface area contributed by atoms with Gasteiger partial charge in [-0.3, -0.25) is 4.79 Å². The molecule has 0 aliphatic heterocycles. The van der Waals surface area contributed by atoms with Crippen LogP contribution < -0.4 is 10.1 Å². The van der Waals surface area contributed by atoms with Gasteiger partial charge < -0.3 is 19.9 Å². The molecule has 0 radical (unpaired) electrons. The van der Waals surface area contributed by atoms with Gasteiger partial charge in [0.25, 0.3) is 0 Å². The molecular formula is C30H40N2O4. The van der Waals surface area contributed by atoms with Crippen LogP contribution in [0.15, 0.2) is 42.5 Å². The van der Waals surface area contributed by atoms with Gasteiger partial charge in [-0.15, -0.1) is 0 Å². The van der Waals surface area contributed by atoms with E-state index in [1.165, 1.54) is 11.1 Å². The fourth-order valence-corrected chi connectivity index (χ4v) is 4.99. The molecule has 0 fully saturated rings. The zero-order valence-corrected chi connectivity index (χ0v) is 21.9. The molecule has 1 atom stereocenters. The Morgan fingerprint density at radius 3 is 2.58 bits per heavy atom. The molecule has 0 bridgehead atoms. The monoisotopic (exact) mass is 492 g/mol. The highest BCUT2D eigenvalue weighted by atomic mass is 16.5. The molecule has 0 spiro atoms. The van der Waals surface area contributed by atoms with Crippen LogP contribution in [0.4, 0.5) is 0 Å². The quantitative estimate of drug-likeness (QED) is 0.292. The summed E-state index contributed by atoms with van der Waals surface area (Å²) in [7, 11) is 0. The predicted octanol–water partition coefficient (Wildman–Crippen LogP) is 4.75. The molecule has 0 aromatic heterocycles. The zero-order valence-electron chi connectivity index (χ0n) is 21.9. The summed E-state index contributed by atoms with van der Waals surface area (Å²) in [6, 6.07) is 16.4. The number of nitriles is 1. The maximum absolute atomic E-state index is 11.5. The first kappa shape index (κ1) is 27.7. The molecule has 2 aromatic carbocycles. The van der Waals surface area contributed by atoms with Crippen molar-refractivity contribution in [1.82, 2.24) is 5.32 Å². The van der Waals surface area contributed by atoms with Crippen LogP contribution in [0.3, 0.4) is 0 Å². The molecular weight excluding hydrogens is 452 g/mol. The van der Waals surface area contributed by atoms with Crippen LogP contribution in [0.2, 0.25) is 0 Å². The van der Waals surface area contributed by atoms with Gasteiger partial charge in [0, 0.05) is 18.5 Å². The van der Waals surface area contributed by atoms with E-state index in [0.717, 1.165) is 44.1 Å². The van der Waals surface area contributed by atoms with Crippen LogP contribution >= 0.6 is 0 Å². The standard InChI is InChI=1S/C30H40N2O4/c1-4-35-29(34)12-8-5-9-22-13-14-26(19-31)28(17-22)36-21-27(33)20-32-30(2,3)18-23-15-24-10-6-7-11-25(24)16-23/h6-7,10-11,13-14,17,23,27,32-33H,4-5,8-9,12,15-16,18,20-21H2,1-3H3/t27-/m0/s1. The lowest BCUT2D eigenvalue weighted by Crippen LogP contribution is -2.46. The lowest BCUT2D eigenvalue weighted by Gasteiger charge is -2.30. The Morgan fingerprint density at radius 1 is 1.19 bits per heavy atom. The Bertz CT molecular complexity index is 1020. The van der Waals surface area contributed by atoms with E-state index in [-0.39, 0.29) is 18.1 Å². The number of hydrogen-bond donors (Lipinski definition) is 2. The van der Waals surface area contributed by atoms with Crippen LogP contribution in [-0.2, 0) is 28.8 Å². The number of nitrogens with one attached hydrogen (secondary N) is 1. The maximum Gasteiger partial charge on any atom is 0.305 e. The minimum absolute atomic E-state index is 0.102. The highest BCUT2D eigenvalue weighted by molar-refractivity contribution is 5.69. The number of hydrogen-bond acceptors (Lipinski definition) is 6. The van der Waals surface area contributed by atoms with E-state index in [9.17, 15) is 15.2 Å². The van der Waals surface area contributed by atoms with E-state index in [0.29, 0.717) is 36.8 Å². The number of unbranched alkanes of at least 4 members (excludes halogenated alkanes) is 1. The topological polar surface area (TPSA) is 91.6 Å². The van der Waals surface area contributed by atoms with Crippen molar-refractivity contribution in [3.05, 3.63) is 64.7 Å². The number of benzene rings is 2. The third kappa shape index (κ3) is 8.65. The van der Waals surface area contributed by atoms with Crippen molar-refractivity contribution in [2.75, 3.05) is 19.8 Å². The van der Waals surface area contributed by atoms with E-state index >= 15 is 0 Å². The molecule has 1 aliphatic rings. The first-order valence-corrected chi connectivity index (χ1v) is 13.1. The van der Waals surface area contributed by atoms with Gasteiger partial charge in [-0.25, -0.2) is 0 Å². The molecule has 6 heteroatoms. The highest BCUT2D eigenvalue weighted by Gasteiger charge is 2.28. The van der Waals surface area contributed by atoms with Gasteiger partial charge in [-0.05, 0) is 94.0 Å². The van der Waals surface area contributed by atoms with E-state index < -0.39 is 6.10 Å². The maximum atomic E-state index is 11.5. The van der Waals surface area contributed by atoms with Gasteiger partial charge in [0.15, 0.2) is 0 Å². The van der Waals surface area contributed by atoms with Crippen LogP contribution in [-0.4, -0.2) is 42.5 Å². The fraction of sp³-hybridized carbons (Fsp3) is 0.533. The van der Waals surface area contributed by atoms with Crippen molar-refractivity contribution in [1.29, 1.82) is 5.26 Å². The van der Waals surface area contributed by atoms with E-state index in [2.05, 4.69) is 49.5 Å². The summed E-state index contributed by atoms with van der Waals surface area (Å²) >= 11 is 0. The van der Waals surface area contributed by atoms with Gasteiger partial charge in [0.1, 0.15) is 24.5 Å². The van der Waals surface area contributed by atoms with Gasteiger partial charge in [0.05, 0.1) is 12.2 Å². The van der Waals surface area contributed by atoms with Gasteiger partial charge in [-0.2, -0.15) is 5.26 Å². The summed E-state index contributed by atoms with van der Waals surface area (Å²) in [5.74, 6) is 0.930.